The van der Waals surface area contributed by atoms with Crippen LogP contribution in [0.1, 0.15) is 5.56 Å². The molecule has 0 bridgehead atoms. The molecule has 2 aromatic rings. The van der Waals surface area contributed by atoms with Crippen molar-refractivity contribution < 1.29 is 9.53 Å². The third kappa shape index (κ3) is 5.22. The van der Waals surface area contributed by atoms with Crippen LogP contribution in [0.5, 0.6) is 5.75 Å². The van der Waals surface area contributed by atoms with E-state index in [4.69, 9.17) is 39.5 Å². The van der Waals surface area contributed by atoms with Crippen LogP contribution < -0.4 is 10.2 Å². The summed E-state index contributed by atoms with van der Waals surface area (Å²) < 4.78 is 5.28. The van der Waals surface area contributed by atoms with Crippen LogP contribution in [0.2, 0.25) is 15.1 Å². The van der Waals surface area contributed by atoms with Crippen molar-refractivity contribution in [3.63, 3.8) is 0 Å². The topological polar surface area (TPSA) is 50.7 Å². The first-order chi connectivity index (χ1) is 10.5. The molecule has 0 atom stereocenters. The maximum atomic E-state index is 11.6. The molecule has 0 aliphatic heterocycles. The molecule has 0 aliphatic rings. The van der Waals surface area contributed by atoms with Crippen LogP contribution in [0.15, 0.2) is 47.6 Å². The third-order valence-corrected chi connectivity index (χ3v) is 3.27. The maximum Gasteiger partial charge on any atom is 0.277 e. The number of benzene rings is 2. The number of rotatable bonds is 5. The Morgan fingerprint density at radius 2 is 1.91 bits per heavy atom. The molecule has 0 unspecified atom stereocenters. The predicted molar refractivity (Wildman–Crippen MR) is 89.1 cm³/mol. The summed E-state index contributed by atoms with van der Waals surface area (Å²) >= 11 is 17.5. The van der Waals surface area contributed by atoms with Crippen molar-refractivity contribution in [3.8, 4) is 5.75 Å². The highest BCUT2D eigenvalue weighted by atomic mass is 35.5. The van der Waals surface area contributed by atoms with Crippen LogP contribution in [-0.2, 0) is 4.79 Å². The number of nitrogens with one attached hydrogen (secondary N) is 1. The normalized spacial score (nSPS) is 10.7. The summed E-state index contributed by atoms with van der Waals surface area (Å²) in [5.74, 6) is -0.0377. The fourth-order valence-electron chi connectivity index (χ4n) is 1.53. The summed E-state index contributed by atoms with van der Waals surface area (Å²) in [5.41, 5.74) is 3.12. The lowest BCUT2D eigenvalue weighted by molar-refractivity contribution is -0.123. The molecular weight excluding hydrogens is 347 g/mol. The Balaban J connectivity index is 1.83. The van der Waals surface area contributed by atoms with E-state index < -0.39 is 5.91 Å². The van der Waals surface area contributed by atoms with Gasteiger partial charge in [0.25, 0.3) is 5.91 Å². The van der Waals surface area contributed by atoms with Crippen LogP contribution in [0.3, 0.4) is 0 Å². The van der Waals surface area contributed by atoms with Crippen molar-refractivity contribution in [3.05, 3.63) is 63.1 Å². The number of carbonyl (C=O) groups is 1. The summed E-state index contributed by atoms with van der Waals surface area (Å²) in [6.07, 6.45) is 1.49. The quantitative estimate of drug-likeness (QED) is 0.645. The van der Waals surface area contributed by atoms with Gasteiger partial charge < -0.3 is 4.74 Å². The lowest BCUT2D eigenvalue weighted by Gasteiger charge is -2.06. The summed E-state index contributed by atoms with van der Waals surface area (Å²) in [4.78, 5) is 11.6. The van der Waals surface area contributed by atoms with Gasteiger partial charge in [0.2, 0.25) is 0 Å². The zero-order valence-corrected chi connectivity index (χ0v) is 13.5. The number of hydrogen-bond donors (Lipinski definition) is 1. The van der Waals surface area contributed by atoms with Gasteiger partial charge in [-0.3, -0.25) is 4.79 Å². The van der Waals surface area contributed by atoms with Gasteiger partial charge in [-0.2, -0.15) is 5.10 Å². The summed E-state index contributed by atoms with van der Waals surface area (Å²) in [6.45, 7) is -0.214. The van der Waals surface area contributed by atoms with Crippen molar-refractivity contribution in [2.45, 2.75) is 0 Å². The fraction of sp³-hybridized carbons (Fsp3) is 0.0667. The van der Waals surface area contributed by atoms with Crippen LogP contribution in [-0.4, -0.2) is 18.7 Å². The Kier molecular flexibility index (Phi) is 6.07. The lowest BCUT2D eigenvalue weighted by Crippen LogP contribution is -2.24. The monoisotopic (exact) mass is 356 g/mol. The molecule has 0 aromatic heterocycles. The SMILES string of the molecule is O=C(COc1ccc(Cl)cc1Cl)NN=Cc1cccc(Cl)c1. The molecule has 0 saturated heterocycles. The van der Waals surface area contributed by atoms with E-state index in [0.717, 1.165) is 5.56 Å². The molecule has 4 nitrogen and oxygen atoms in total. The average molecular weight is 358 g/mol. The predicted octanol–water partition coefficient (Wildman–Crippen LogP) is 4.18. The fourth-order valence-corrected chi connectivity index (χ4v) is 2.20. The van der Waals surface area contributed by atoms with E-state index in [1.54, 1.807) is 30.3 Å². The largest absolute Gasteiger partial charge is 0.482 e. The first-order valence-electron chi connectivity index (χ1n) is 6.20. The van der Waals surface area contributed by atoms with E-state index in [0.29, 0.717) is 20.8 Å². The van der Waals surface area contributed by atoms with E-state index in [1.807, 2.05) is 6.07 Å². The minimum absolute atomic E-state index is 0.214. The molecule has 2 aromatic carbocycles. The number of amides is 1. The molecule has 0 radical (unpaired) electrons. The van der Waals surface area contributed by atoms with E-state index in [9.17, 15) is 4.79 Å². The average Bonchev–Trinajstić information content (AvgIpc) is 2.46. The van der Waals surface area contributed by atoms with Gasteiger partial charge in [0.15, 0.2) is 6.61 Å². The molecule has 0 aliphatic carbocycles. The van der Waals surface area contributed by atoms with Crippen LogP contribution in [0.25, 0.3) is 0 Å². The number of nitrogens with zero attached hydrogens (tertiary/aromatic N) is 1. The highest BCUT2D eigenvalue weighted by Gasteiger charge is 2.05. The summed E-state index contributed by atoms with van der Waals surface area (Å²) in [7, 11) is 0. The molecular formula is C15H11Cl3N2O2. The van der Waals surface area contributed by atoms with Crippen molar-refractivity contribution in [2.75, 3.05) is 6.61 Å². The molecule has 0 spiro atoms. The molecule has 2 rings (SSSR count). The molecule has 0 fully saturated rings. The number of hydrazone groups is 1. The van der Waals surface area contributed by atoms with Crippen LogP contribution >= 0.6 is 34.8 Å². The van der Waals surface area contributed by atoms with Crippen molar-refractivity contribution >= 4 is 46.9 Å². The van der Waals surface area contributed by atoms with E-state index >= 15 is 0 Å². The number of carbonyl (C=O) groups excluding carboxylic acids is 1. The van der Waals surface area contributed by atoms with Crippen LogP contribution in [0.4, 0.5) is 0 Å². The Morgan fingerprint density at radius 3 is 2.64 bits per heavy atom. The molecule has 0 heterocycles. The molecule has 0 saturated carbocycles. The van der Waals surface area contributed by atoms with E-state index in [-0.39, 0.29) is 6.61 Å². The Labute approximate surface area is 142 Å². The zero-order chi connectivity index (χ0) is 15.9. The number of ether oxygens (including phenoxy) is 1. The smallest absolute Gasteiger partial charge is 0.277 e. The van der Waals surface area contributed by atoms with Gasteiger partial charge in [-0.1, -0.05) is 46.9 Å². The standard InChI is InChI=1S/C15H11Cl3N2O2/c16-11-3-1-2-10(6-11)8-19-20-15(21)9-22-14-5-4-12(17)7-13(14)18/h1-8H,9H2,(H,20,21). The Hall–Kier alpha value is -1.75. The second kappa shape index (κ2) is 8.03. The molecule has 114 valence electrons. The van der Waals surface area contributed by atoms with Gasteiger partial charge in [0, 0.05) is 10.0 Å². The third-order valence-electron chi connectivity index (χ3n) is 2.50. The second-order valence-electron chi connectivity index (χ2n) is 4.21. The van der Waals surface area contributed by atoms with Gasteiger partial charge in [0.05, 0.1) is 11.2 Å². The molecule has 22 heavy (non-hydrogen) atoms. The highest BCUT2D eigenvalue weighted by molar-refractivity contribution is 6.35. The summed E-state index contributed by atoms with van der Waals surface area (Å²) in [5, 5.41) is 5.24. The van der Waals surface area contributed by atoms with Crippen molar-refractivity contribution in [1.29, 1.82) is 0 Å². The van der Waals surface area contributed by atoms with Crippen LogP contribution in [0, 0.1) is 0 Å². The maximum absolute atomic E-state index is 11.6. The van der Waals surface area contributed by atoms with Gasteiger partial charge in [-0.05, 0) is 35.9 Å². The number of halogens is 3. The van der Waals surface area contributed by atoms with Gasteiger partial charge in [-0.25, -0.2) is 5.43 Å². The van der Waals surface area contributed by atoms with E-state index in [1.165, 1.54) is 12.3 Å². The van der Waals surface area contributed by atoms with Gasteiger partial charge in [0.1, 0.15) is 5.75 Å². The minimum Gasteiger partial charge on any atom is -0.482 e. The Morgan fingerprint density at radius 1 is 1.14 bits per heavy atom. The minimum atomic E-state index is -0.413. The van der Waals surface area contributed by atoms with Crippen molar-refractivity contribution in [1.82, 2.24) is 5.43 Å². The van der Waals surface area contributed by atoms with Gasteiger partial charge in [-0.15, -0.1) is 0 Å². The Bertz CT molecular complexity index is 705. The molecule has 1 N–H and O–H groups in total. The van der Waals surface area contributed by atoms with Crippen molar-refractivity contribution in [2.24, 2.45) is 5.10 Å². The van der Waals surface area contributed by atoms with Gasteiger partial charge >= 0.3 is 0 Å². The summed E-state index contributed by atoms with van der Waals surface area (Å²) in [6, 6.07) is 11.8. The number of hydrogen-bond acceptors (Lipinski definition) is 3. The lowest BCUT2D eigenvalue weighted by atomic mass is 10.2. The molecule has 1 amide bonds. The van der Waals surface area contributed by atoms with E-state index in [2.05, 4.69) is 10.5 Å². The second-order valence-corrected chi connectivity index (χ2v) is 5.49. The first-order valence-corrected chi connectivity index (χ1v) is 7.33. The zero-order valence-electron chi connectivity index (χ0n) is 11.2. The molecule has 7 heteroatoms. The first kappa shape index (κ1) is 16.6. The highest BCUT2D eigenvalue weighted by Crippen LogP contribution is 2.27.